The smallest absolute Gasteiger partial charge is 0.159 e. The molecule has 0 aliphatic carbocycles. The molecule has 0 spiro atoms. The molecule has 3 rings (SSSR count). The van der Waals surface area contributed by atoms with Crippen LogP contribution >= 0.6 is 11.3 Å². The fourth-order valence-electron chi connectivity index (χ4n) is 4.30. The molecule has 1 aromatic carbocycles. The molecular weight excluding hydrogens is 448 g/mol. The number of hydrogen-bond acceptors (Lipinski definition) is 4. The fourth-order valence-corrected chi connectivity index (χ4v) is 5.33. The number of unbranched alkanes of at least 4 members (excludes halogenated alkanes) is 11. The van der Waals surface area contributed by atoms with Gasteiger partial charge >= 0.3 is 0 Å². The van der Waals surface area contributed by atoms with E-state index in [1.807, 2.05) is 35.9 Å². The van der Waals surface area contributed by atoms with Crippen molar-refractivity contribution < 1.29 is 4.74 Å². The Morgan fingerprint density at radius 1 is 0.629 bits per heavy atom. The topological polar surface area (TPSA) is 35.0 Å². The second-order valence-electron chi connectivity index (χ2n) is 9.57. The van der Waals surface area contributed by atoms with E-state index in [4.69, 9.17) is 4.74 Å². The van der Waals surface area contributed by atoms with Gasteiger partial charge in [-0.25, -0.2) is 9.97 Å². The molecule has 0 atom stereocenters. The van der Waals surface area contributed by atoms with E-state index in [-0.39, 0.29) is 0 Å². The van der Waals surface area contributed by atoms with E-state index in [0.717, 1.165) is 35.7 Å². The van der Waals surface area contributed by atoms with Crippen LogP contribution in [0.3, 0.4) is 0 Å². The quantitative estimate of drug-likeness (QED) is 0.166. The highest BCUT2D eigenvalue weighted by molar-refractivity contribution is 7.15. The summed E-state index contributed by atoms with van der Waals surface area (Å²) in [5.41, 5.74) is 2.12. The number of hydrogen-bond donors (Lipinski definition) is 0. The maximum atomic E-state index is 5.93. The van der Waals surface area contributed by atoms with Crippen molar-refractivity contribution in [3.05, 3.63) is 53.7 Å². The summed E-state index contributed by atoms with van der Waals surface area (Å²) in [4.78, 5) is 12.0. The van der Waals surface area contributed by atoms with Gasteiger partial charge in [0.2, 0.25) is 0 Å². The summed E-state index contributed by atoms with van der Waals surface area (Å²) < 4.78 is 5.93. The average molecular weight is 493 g/mol. The lowest BCUT2D eigenvalue weighted by molar-refractivity contribution is 0.304. The van der Waals surface area contributed by atoms with E-state index < -0.39 is 0 Å². The molecule has 0 aliphatic rings. The van der Waals surface area contributed by atoms with Gasteiger partial charge in [0.05, 0.1) is 6.61 Å². The summed E-state index contributed by atoms with van der Waals surface area (Å²) in [5, 5.41) is 0. The van der Waals surface area contributed by atoms with E-state index in [9.17, 15) is 0 Å². The highest BCUT2D eigenvalue weighted by Crippen LogP contribution is 2.29. The zero-order valence-electron chi connectivity index (χ0n) is 21.9. The summed E-state index contributed by atoms with van der Waals surface area (Å²) in [7, 11) is 0. The molecule has 0 radical (unpaired) electrons. The molecule has 0 saturated carbocycles. The van der Waals surface area contributed by atoms with E-state index in [0.29, 0.717) is 0 Å². The number of aryl methyl sites for hydroxylation is 1. The van der Waals surface area contributed by atoms with Crippen molar-refractivity contribution in [2.75, 3.05) is 6.61 Å². The average Bonchev–Trinajstić information content (AvgIpc) is 3.37. The Labute approximate surface area is 217 Å². The van der Waals surface area contributed by atoms with Gasteiger partial charge < -0.3 is 4.74 Å². The lowest BCUT2D eigenvalue weighted by atomic mass is 10.1. The van der Waals surface area contributed by atoms with Crippen LogP contribution in [0, 0.1) is 0 Å². The molecule has 3 nitrogen and oxygen atoms in total. The summed E-state index contributed by atoms with van der Waals surface area (Å²) >= 11 is 1.87. The number of ether oxygens (including phenoxy) is 1. The van der Waals surface area contributed by atoms with Crippen molar-refractivity contribution in [1.82, 2.24) is 9.97 Å². The van der Waals surface area contributed by atoms with Gasteiger partial charge in [-0.2, -0.15) is 0 Å². The van der Waals surface area contributed by atoms with Crippen LogP contribution in [0.15, 0.2) is 48.8 Å². The van der Waals surface area contributed by atoms with Crippen LogP contribution < -0.4 is 4.74 Å². The van der Waals surface area contributed by atoms with Crippen molar-refractivity contribution in [2.45, 2.75) is 104 Å². The molecule has 0 fully saturated rings. The van der Waals surface area contributed by atoms with Crippen molar-refractivity contribution in [3.63, 3.8) is 0 Å². The van der Waals surface area contributed by atoms with Crippen LogP contribution in [-0.4, -0.2) is 16.6 Å². The molecule has 0 aliphatic heterocycles. The zero-order valence-corrected chi connectivity index (χ0v) is 22.8. The largest absolute Gasteiger partial charge is 0.494 e. The Kier molecular flexibility index (Phi) is 12.9. The molecular formula is C31H44N2OS. The fraction of sp³-hybridized carbons (Fsp3) is 0.548. The Balaban J connectivity index is 1.39. The van der Waals surface area contributed by atoms with Crippen LogP contribution in [0.4, 0.5) is 0 Å². The SMILES string of the molecule is CCCCCCCCCCOc1ccc(-c2ncc(-c3ccc(CCCCCCC)s3)cn2)cc1. The summed E-state index contributed by atoms with van der Waals surface area (Å²) in [6.07, 6.45) is 22.3. The highest BCUT2D eigenvalue weighted by Gasteiger charge is 2.07. The Bertz CT molecular complexity index is 933. The zero-order chi connectivity index (χ0) is 24.6. The highest BCUT2D eigenvalue weighted by atomic mass is 32.1. The van der Waals surface area contributed by atoms with Gasteiger partial charge in [-0.15, -0.1) is 11.3 Å². The lowest BCUT2D eigenvalue weighted by Gasteiger charge is -2.07. The maximum Gasteiger partial charge on any atom is 0.159 e. The predicted molar refractivity (Wildman–Crippen MR) is 151 cm³/mol. The minimum Gasteiger partial charge on any atom is -0.494 e. The summed E-state index contributed by atoms with van der Waals surface area (Å²) in [5.74, 6) is 1.69. The van der Waals surface area contributed by atoms with Crippen molar-refractivity contribution in [3.8, 4) is 27.6 Å². The number of benzene rings is 1. The van der Waals surface area contributed by atoms with Crippen molar-refractivity contribution in [1.29, 1.82) is 0 Å². The molecule has 35 heavy (non-hydrogen) atoms. The summed E-state index contributed by atoms with van der Waals surface area (Å²) in [6.45, 7) is 5.33. The van der Waals surface area contributed by atoms with E-state index >= 15 is 0 Å². The van der Waals surface area contributed by atoms with Crippen LogP contribution in [0.5, 0.6) is 5.75 Å². The number of thiophene rings is 1. The van der Waals surface area contributed by atoms with E-state index in [1.54, 1.807) is 0 Å². The second kappa shape index (κ2) is 16.5. The van der Waals surface area contributed by atoms with Gasteiger partial charge in [0.1, 0.15) is 5.75 Å². The number of rotatable bonds is 18. The van der Waals surface area contributed by atoms with Gasteiger partial charge in [0.15, 0.2) is 5.82 Å². The van der Waals surface area contributed by atoms with Gasteiger partial charge in [0.25, 0.3) is 0 Å². The number of nitrogens with zero attached hydrogens (tertiary/aromatic N) is 2. The van der Waals surface area contributed by atoms with Gasteiger partial charge in [-0.3, -0.25) is 0 Å². The first-order chi connectivity index (χ1) is 17.3. The minimum absolute atomic E-state index is 0.760. The Morgan fingerprint density at radius 3 is 1.89 bits per heavy atom. The molecule has 2 aromatic heterocycles. The second-order valence-corrected chi connectivity index (χ2v) is 10.7. The Morgan fingerprint density at radius 2 is 1.23 bits per heavy atom. The van der Waals surface area contributed by atoms with Crippen molar-refractivity contribution >= 4 is 11.3 Å². The lowest BCUT2D eigenvalue weighted by Crippen LogP contribution is -1.97. The predicted octanol–water partition coefficient (Wildman–Crippen LogP) is 9.90. The molecule has 0 unspecified atom stereocenters. The third-order valence-electron chi connectivity index (χ3n) is 6.50. The van der Waals surface area contributed by atoms with Crippen LogP contribution in [0.25, 0.3) is 21.8 Å². The molecule has 0 bridgehead atoms. The molecule has 0 amide bonds. The first-order valence-electron chi connectivity index (χ1n) is 13.9. The van der Waals surface area contributed by atoms with E-state index in [2.05, 4.69) is 48.1 Å². The van der Waals surface area contributed by atoms with Gasteiger partial charge in [-0.05, 0) is 55.7 Å². The molecule has 190 valence electrons. The maximum absolute atomic E-state index is 5.93. The summed E-state index contributed by atoms with van der Waals surface area (Å²) in [6, 6.07) is 12.6. The molecule has 0 N–H and O–H groups in total. The standard InChI is InChI=1S/C31H44N2OS/c1-3-5-7-9-10-11-13-15-23-34-28-19-17-26(18-20-28)31-32-24-27(25-33-31)30-22-21-29(35-30)16-14-12-8-6-4-2/h17-22,24-25H,3-16,23H2,1-2H3. The molecule has 3 aromatic rings. The third kappa shape index (κ3) is 10.1. The molecule has 4 heteroatoms. The molecule has 0 saturated heterocycles. The van der Waals surface area contributed by atoms with Gasteiger partial charge in [-0.1, -0.05) is 84.5 Å². The minimum atomic E-state index is 0.760. The number of aromatic nitrogens is 2. The Hall–Kier alpha value is -2.20. The third-order valence-corrected chi connectivity index (χ3v) is 7.70. The normalized spacial score (nSPS) is 11.1. The first-order valence-corrected chi connectivity index (χ1v) is 14.8. The first kappa shape index (κ1) is 27.4. The van der Waals surface area contributed by atoms with Crippen LogP contribution in [0.1, 0.15) is 102 Å². The van der Waals surface area contributed by atoms with Crippen LogP contribution in [0.2, 0.25) is 0 Å². The van der Waals surface area contributed by atoms with E-state index in [1.165, 1.54) is 93.2 Å². The van der Waals surface area contributed by atoms with Crippen LogP contribution in [-0.2, 0) is 6.42 Å². The van der Waals surface area contributed by atoms with Gasteiger partial charge in [0, 0.05) is 33.3 Å². The monoisotopic (exact) mass is 492 g/mol. The van der Waals surface area contributed by atoms with Crippen molar-refractivity contribution in [2.24, 2.45) is 0 Å². The molecule has 2 heterocycles.